The first-order valence-electron chi connectivity index (χ1n) is 4.93. The number of hydrogen-bond donors (Lipinski definition) is 2. The monoisotopic (exact) mass is 270 g/mol. The van der Waals surface area contributed by atoms with Crippen LogP contribution in [0.2, 0.25) is 0 Å². The molecule has 0 aliphatic rings. The molecule has 0 unspecified atom stereocenters. The lowest BCUT2D eigenvalue weighted by Gasteiger charge is -2.05. The molecule has 2 rings (SSSR count). The molecule has 0 bridgehead atoms. The molecule has 0 saturated heterocycles. The average molecular weight is 270 g/mol. The van der Waals surface area contributed by atoms with Crippen molar-refractivity contribution in [2.24, 2.45) is 0 Å². The van der Waals surface area contributed by atoms with Gasteiger partial charge in [0.25, 0.3) is 5.91 Å². The molecule has 0 aliphatic heterocycles. The standard InChI is InChI=1S/C11H8F2N2O2S/c1-5-9(18-11(17)14-5)10(16)15-8-3-2-6(12)4-7(8)13/h2-4H,1H3,(H,14,17)(H,15,16). The van der Waals surface area contributed by atoms with E-state index < -0.39 is 17.5 Å². The normalized spacial score (nSPS) is 10.4. The number of aromatic amines is 1. The number of hydrogen-bond acceptors (Lipinski definition) is 3. The highest BCUT2D eigenvalue weighted by molar-refractivity contribution is 7.11. The summed E-state index contributed by atoms with van der Waals surface area (Å²) in [7, 11) is 0. The highest BCUT2D eigenvalue weighted by Crippen LogP contribution is 2.17. The second-order valence-electron chi connectivity index (χ2n) is 3.55. The molecule has 94 valence electrons. The van der Waals surface area contributed by atoms with Crippen molar-refractivity contribution >= 4 is 22.9 Å². The summed E-state index contributed by atoms with van der Waals surface area (Å²) in [5.41, 5.74) is 0.270. The summed E-state index contributed by atoms with van der Waals surface area (Å²) < 4.78 is 26.0. The molecule has 1 amide bonds. The van der Waals surface area contributed by atoms with Gasteiger partial charge in [-0.05, 0) is 19.1 Å². The molecule has 0 fully saturated rings. The predicted molar refractivity (Wildman–Crippen MR) is 64.0 cm³/mol. The van der Waals surface area contributed by atoms with Gasteiger partial charge in [0.05, 0.1) is 5.69 Å². The zero-order chi connectivity index (χ0) is 13.3. The zero-order valence-corrected chi connectivity index (χ0v) is 10.0. The van der Waals surface area contributed by atoms with Crippen molar-refractivity contribution in [3.05, 3.63) is 50.1 Å². The Labute approximate surface area is 104 Å². The third-order valence-electron chi connectivity index (χ3n) is 2.21. The fraction of sp³-hybridized carbons (Fsp3) is 0.0909. The van der Waals surface area contributed by atoms with Gasteiger partial charge in [0, 0.05) is 11.8 Å². The van der Waals surface area contributed by atoms with Crippen LogP contribution in [-0.2, 0) is 0 Å². The summed E-state index contributed by atoms with van der Waals surface area (Å²) in [4.78, 5) is 25.1. The van der Waals surface area contributed by atoms with Crippen LogP contribution in [0.25, 0.3) is 0 Å². The predicted octanol–water partition coefficient (Wildman–Crippen LogP) is 2.28. The molecule has 0 atom stereocenters. The van der Waals surface area contributed by atoms with Crippen molar-refractivity contribution < 1.29 is 13.6 Å². The van der Waals surface area contributed by atoms with E-state index in [0.717, 1.165) is 23.5 Å². The number of carbonyl (C=O) groups is 1. The minimum absolute atomic E-state index is 0.137. The molecule has 2 aromatic rings. The molecule has 0 aliphatic carbocycles. The highest BCUT2D eigenvalue weighted by atomic mass is 32.1. The van der Waals surface area contributed by atoms with Gasteiger partial charge in [-0.1, -0.05) is 11.3 Å². The Bertz CT molecular complexity index is 663. The average Bonchev–Trinajstić information content (AvgIpc) is 2.62. The van der Waals surface area contributed by atoms with E-state index >= 15 is 0 Å². The van der Waals surface area contributed by atoms with E-state index in [1.54, 1.807) is 6.92 Å². The van der Waals surface area contributed by atoms with Crippen LogP contribution in [0.15, 0.2) is 23.0 Å². The second kappa shape index (κ2) is 4.69. The highest BCUT2D eigenvalue weighted by Gasteiger charge is 2.15. The van der Waals surface area contributed by atoms with Crippen molar-refractivity contribution in [3.63, 3.8) is 0 Å². The van der Waals surface area contributed by atoms with Gasteiger partial charge in [0.2, 0.25) is 0 Å². The minimum Gasteiger partial charge on any atom is -0.319 e. The quantitative estimate of drug-likeness (QED) is 0.879. The number of aromatic nitrogens is 1. The fourth-order valence-corrected chi connectivity index (χ4v) is 2.13. The topological polar surface area (TPSA) is 62.0 Å². The van der Waals surface area contributed by atoms with Gasteiger partial charge in [-0.25, -0.2) is 8.78 Å². The number of carbonyl (C=O) groups excluding carboxylic acids is 1. The molecule has 4 nitrogen and oxygen atoms in total. The molecule has 0 saturated carbocycles. The Kier molecular flexibility index (Phi) is 3.24. The van der Waals surface area contributed by atoms with Crippen LogP contribution < -0.4 is 10.2 Å². The maximum Gasteiger partial charge on any atom is 0.305 e. The molecule has 1 heterocycles. The van der Waals surface area contributed by atoms with E-state index in [1.165, 1.54) is 0 Å². The maximum atomic E-state index is 13.3. The molecule has 0 spiro atoms. The molecule has 1 aromatic heterocycles. The largest absolute Gasteiger partial charge is 0.319 e. The summed E-state index contributed by atoms with van der Waals surface area (Å²) in [6, 6.07) is 2.82. The number of rotatable bonds is 2. The number of anilines is 1. The van der Waals surface area contributed by atoms with E-state index in [0.29, 0.717) is 11.8 Å². The minimum atomic E-state index is -0.871. The first kappa shape index (κ1) is 12.4. The third kappa shape index (κ3) is 2.45. The Morgan fingerprint density at radius 2 is 2.11 bits per heavy atom. The summed E-state index contributed by atoms with van der Waals surface area (Å²) in [5.74, 6) is -2.21. The maximum absolute atomic E-state index is 13.3. The van der Waals surface area contributed by atoms with Crippen LogP contribution >= 0.6 is 11.3 Å². The number of benzene rings is 1. The van der Waals surface area contributed by atoms with Gasteiger partial charge in [0.1, 0.15) is 16.5 Å². The van der Waals surface area contributed by atoms with Crippen LogP contribution in [0, 0.1) is 18.6 Å². The second-order valence-corrected chi connectivity index (χ2v) is 4.53. The van der Waals surface area contributed by atoms with Crippen molar-refractivity contribution in [2.45, 2.75) is 6.92 Å². The number of H-pyrrole nitrogens is 1. The van der Waals surface area contributed by atoms with Gasteiger partial charge in [-0.15, -0.1) is 0 Å². The molecular weight excluding hydrogens is 262 g/mol. The van der Waals surface area contributed by atoms with Crippen molar-refractivity contribution in [2.75, 3.05) is 5.32 Å². The SMILES string of the molecule is Cc1[nH]c(=O)sc1C(=O)Nc1ccc(F)cc1F. The lowest BCUT2D eigenvalue weighted by atomic mass is 10.3. The number of amides is 1. The van der Waals surface area contributed by atoms with Gasteiger partial charge in [-0.3, -0.25) is 9.59 Å². The van der Waals surface area contributed by atoms with E-state index in [1.807, 2.05) is 0 Å². The fourth-order valence-electron chi connectivity index (χ4n) is 1.39. The zero-order valence-electron chi connectivity index (χ0n) is 9.21. The Hall–Kier alpha value is -2.02. The van der Waals surface area contributed by atoms with E-state index in [9.17, 15) is 18.4 Å². The summed E-state index contributed by atoms with van der Waals surface area (Å²) in [6.07, 6.45) is 0. The summed E-state index contributed by atoms with van der Waals surface area (Å²) in [5, 5.41) is 2.28. The number of nitrogens with one attached hydrogen (secondary N) is 2. The van der Waals surface area contributed by atoms with Crippen LogP contribution in [0.5, 0.6) is 0 Å². The van der Waals surface area contributed by atoms with Gasteiger partial charge in [-0.2, -0.15) is 0 Å². The molecular formula is C11H8F2N2O2S. The molecule has 0 radical (unpaired) electrons. The Balaban J connectivity index is 2.26. The van der Waals surface area contributed by atoms with E-state index in [-0.39, 0.29) is 15.4 Å². The first-order valence-corrected chi connectivity index (χ1v) is 5.75. The third-order valence-corrected chi connectivity index (χ3v) is 3.19. The lowest BCUT2D eigenvalue weighted by Crippen LogP contribution is -2.12. The van der Waals surface area contributed by atoms with Gasteiger partial charge < -0.3 is 10.3 Å². The van der Waals surface area contributed by atoms with E-state index in [2.05, 4.69) is 10.3 Å². The smallest absolute Gasteiger partial charge is 0.305 e. The molecule has 2 N–H and O–H groups in total. The molecule has 18 heavy (non-hydrogen) atoms. The van der Waals surface area contributed by atoms with Crippen molar-refractivity contribution in [1.29, 1.82) is 0 Å². The first-order chi connectivity index (χ1) is 8.47. The summed E-state index contributed by atoms with van der Waals surface area (Å²) in [6.45, 7) is 1.56. The van der Waals surface area contributed by atoms with Crippen LogP contribution in [0.3, 0.4) is 0 Å². The molecule has 1 aromatic carbocycles. The summed E-state index contributed by atoms with van der Waals surface area (Å²) >= 11 is 0.731. The number of halogens is 2. The van der Waals surface area contributed by atoms with Crippen LogP contribution in [0.4, 0.5) is 14.5 Å². The lowest BCUT2D eigenvalue weighted by molar-refractivity contribution is 0.102. The van der Waals surface area contributed by atoms with Crippen molar-refractivity contribution in [1.82, 2.24) is 4.98 Å². The Morgan fingerprint density at radius 3 is 2.67 bits per heavy atom. The van der Waals surface area contributed by atoms with E-state index in [4.69, 9.17) is 0 Å². The van der Waals surface area contributed by atoms with Crippen LogP contribution in [0.1, 0.15) is 15.4 Å². The van der Waals surface area contributed by atoms with Crippen LogP contribution in [-0.4, -0.2) is 10.9 Å². The van der Waals surface area contributed by atoms with Crippen molar-refractivity contribution in [3.8, 4) is 0 Å². The molecule has 7 heteroatoms. The van der Waals surface area contributed by atoms with Gasteiger partial charge >= 0.3 is 4.87 Å². The van der Waals surface area contributed by atoms with Gasteiger partial charge in [0.15, 0.2) is 0 Å². The number of thiazole rings is 1. The Morgan fingerprint density at radius 1 is 1.39 bits per heavy atom. The number of aryl methyl sites for hydroxylation is 1.